The minimum Gasteiger partial charge on any atom is -0.489 e. The lowest BCUT2D eigenvalue weighted by molar-refractivity contribution is 0.00901. The Morgan fingerprint density at radius 2 is 1.78 bits per heavy atom. The fourth-order valence-electron chi connectivity index (χ4n) is 6.65. The van der Waals surface area contributed by atoms with Crippen molar-refractivity contribution in [2.45, 2.75) is 102 Å². The minimum atomic E-state index is -3.70. The summed E-state index contributed by atoms with van der Waals surface area (Å²) in [4.78, 5) is 13.5. The van der Waals surface area contributed by atoms with Crippen LogP contribution >= 0.6 is 11.6 Å². The van der Waals surface area contributed by atoms with Crippen molar-refractivity contribution in [1.29, 1.82) is 0 Å². The van der Waals surface area contributed by atoms with Crippen molar-refractivity contribution in [2.75, 3.05) is 23.8 Å². The maximum atomic E-state index is 13.7. The normalized spacial score (nSPS) is 19.8. The Morgan fingerprint density at radius 3 is 2.41 bits per heavy atom. The third-order valence-electron chi connectivity index (χ3n) is 8.80. The van der Waals surface area contributed by atoms with Gasteiger partial charge in [0, 0.05) is 31.3 Å². The van der Waals surface area contributed by atoms with Gasteiger partial charge in [0.2, 0.25) is 5.95 Å². The van der Waals surface area contributed by atoms with E-state index >= 15 is 0 Å². The quantitative estimate of drug-likeness (QED) is 0.248. The van der Waals surface area contributed by atoms with Crippen molar-refractivity contribution in [3.63, 3.8) is 0 Å². The van der Waals surface area contributed by atoms with Gasteiger partial charge in [-0.3, -0.25) is 9.80 Å². The maximum Gasteiger partial charge on any atom is 0.236 e. The molecule has 11 heteroatoms. The number of aromatic nitrogens is 2. The first-order valence-electron chi connectivity index (χ1n) is 16.1. The van der Waals surface area contributed by atoms with Crippen LogP contribution in [0.25, 0.3) is 5.57 Å². The van der Waals surface area contributed by atoms with Gasteiger partial charge < -0.3 is 15.2 Å². The SMILES string of the molecule is Cc1cc(N(c2ncc(Cl)c(N)n2)c2ccccc2S(=O)(=O)C(C)C)c(OC(C)C)cc1C1=C[C@@H](C)N(C2CCOCC2)[C@H](C)C1. The second kappa shape index (κ2) is 13.9. The molecular weight excluding hydrogens is 622 g/mol. The van der Waals surface area contributed by atoms with Gasteiger partial charge in [0.25, 0.3) is 0 Å². The number of nitrogens with zero attached hydrogens (tertiary/aromatic N) is 4. The highest BCUT2D eigenvalue weighted by molar-refractivity contribution is 7.92. The molecule has 3 heterocycles. The van der Waals surface area contributed by atoms with Crippen molar-refractivity contribution in [3.05, 3.63) is 64.8 Å². The average Bonchev–Trinajstić information content (AvgIpc) is 3.00. The monoisotopic (exact) mass is 667 g/mol. The number of para-hydroxylation sites is 1. The molecule has 2 aliphatic rings. The molecule has 5 rings (SSSR count). The first-order chi connectivity index (χ1) is 21.8. The Hall–Kier alpha value is -3.18. The van der Waals surface area contributed by atoms with E-state index in [0.717, 1.165) is 43.6 Å². The van der Waals surface area contributed by atoms with E-state index in [2.05, 4.69) is 47.8 Å². The van der Waals surface area contributed by atoms with Crippen LogP contribution in [0.4, 0.5) is 23.1 Å². The van der Waals surface area contributed by atoms with Gasteiger partial charge in [0.15, 0.2) is 9.84 Å². The third-order valence-corrected chi connectivity index (χ3v) is 11.3. The second-order valence-corrected chi connectivity index (χ2v) is 15.8. The highest BCUT2D eigenvalue weighted by Crippen LogP contribution is 2.46. The predicted molar refractivity (Wildman–Crippen MR) is 186 cm³/mol. The standard InChI is InChI=1S/C35H46ClN5O4S/c1-21(2)45-32-19-28(26-17-24(6)40(25(7)18-26)27-12-14-44-15-13-27)23(5)16-31(32)41(35-38-20-29(36)34(37)39-35)30-10-8-9-11-33(30)46(42,43)22(3)4/h8-11,16-17,19-22,24-25,27H,12-15,18H2,1-7H3,(H2,37,38,39)/t24-,25-/m1/s1. The van der Waals surface area contributed by atoms with Crippen LogP contribution in [0.3, 0.4) is 0 Å². The van der Waals surface area contributed by atoms with E-state index < -0.39 is 15.1 Å². The number of hydrogen-bond acceptors (Lipinski definition) is 9. The summed E-state index contributed by atoms with van der Waals surface area (Å²) in [5.74, 6) is 0.850. The van der Waals surface area contributed by atoms with Crippen LogP contribution in [-0.2, 0) is 14.6 Å². The smallest absolute Gasteiger partial charge is 0.236 e. The van der Waals surface area contributed by atoms with E-state index in [4.69, 9.17) is 26.8 Å². The highest BCUT2D eigenvalue weighted by atomic mass is 35.5. The largest absolute Gasteiger partial charge is 0.489 e. The molecule has 3 aromatic rings. The van der Waals surface area contributed by atoms with Crippen molar-refractivity contribution in [1.82, 2.24) is 14.9 Å². The molecule has 0 radical (unpaired) electrons. The molecule has 0 aliphatic carbocycles. The van der Waals surface area contributed by atoms with E-state index in [1.165, 1.54) is 11.8 Å². The number of nitrogens with two attached hydrogens (primary N) is 1. The minimum absolute atomic E-state index is 0.0879. The van der Waals surface area contributed by atoms with Gasteiger partial charge in [-0.15, -0.1) is 0 Å². The molecule has 0 amide bonds. The zero-order valence-corrected chi connectivity index (χ0v) is 29.4. The van der Waals surface area contributed by atoms with E-state index in [1.54, 1.807) is 43.0 Å². The molecule has 2 N–H and O–H groups in total. The summed E-state index contributed by atoms with van der Waals surface area (Å²) in [5, 5.41) is -0.440. The number of halogens is 1. The molecule has 2 atom stereocenters. The molecule has 248 valence electrons. The second-order valence-electron chi connectivity index (χ2n) is 12.9. The lowest BCUT2D eigenvalue weighted by Crippen LogP contribution is -2.50. The van der Waals surface area contributed by atoms with Crippen LogP contribution in [0.5, 0.6) is 5.75 Å². The molecule has 1 fully saturated rings. The summed E-state index contributed by atoms with van der Waals surface area (Å²) in [6.07, 6.45) is 6.65. The van der Waals surface area contributed by atoms with E-state index in [-0.39, 0.29) is 33.8 Å². The fraction of sp³-hybridized carbons (Fsp3) is 0.486. The van der Waals surface area contributed by atoms with Gasteiger partial charge in [0.1, 0.15) is 16.6 Å². The predicted octanol–water partition coefficient (Wildman–Crippen LogP) is 7.50. The molecule has 0 saturated carbocycles. The van der Waals surface area contributed by atoms with Gasteiger partial charge in [-0.2, -0.15) is 4.98 Å². The Labute approximate surface area is 278 Å². The number of nitrogen functional groups attached to an aromatic ring is 1. The molecule has 1 saturated heterocycles. The number of ether oxygens (including phenoxy) is 2. The van der Waals surface area contributed by atoms with Crippen LogP contribution < -0.4 is 15.4 Å². The van der Waals surface area contributed by atoms with Gasteiger partial charge in [-0.05, 0) is 109 Å². The fourth-order valence-corrected chi connectivity index (χ4v) is 7.97. The van der Waals surface area contributed by atoms with Gasteiger partial charge in [0.05, 0.1) is 33.8 Å². The number of aryl methyl sites for hydroxylation is 1. The third kappa shape index (κ3) is 6.90. The first-order valence-corrected chi connectivity index (χ1v) is 18.0. The van der Waals surface area contributed by atoms with E-state index in [0.29, 0.717) is 29.2 Å². The van der Waals surface area contributed by atoms with Crippen molar-refractivity contribution in [3.8, 4) is 5.75 Å². The molecule has 0 bridgehead atoms. The Bertz CT molecular complexity index is 1700. The zero-order chi connectivity index (χ0) is 33.3. The van der Waals surface area contributed by atoms with Crippen LogP contribution in [0.15, 0.2) is 53.6 Å². The number of rotatable bonds is 9. The molecule has 46 heavy (non-hydrogen) atoms. The Balaban J connectivity index is 1.69. The van der Waals surface area contributed by atoms with Crippen LogP contribution in [-0.4, -0.2) is 66.0 Å². The van der Waals surface area contributed by atoms with Crippen molar-refractivity contribution in [2.24, 2.45) is 0 Å². The number of hydrogen-bond donors (Lipinski definition) is 1. The average molecular weight is 668 g/mol. The van der Waals surface area contributed by atoms with Gasteiger partial charge in [-0.25, -0.2) is 13.4 Å². The van der Waals surface area contributed by atoms with Crippen LogP contribution in [0.1, 0.15) is 71.9 Å². The molecule has 1 aromatic heterocycles. The Morgan fingerprint density at radius 1 is 1.09 bits per heavy atom. The summed E-state index contributed by atoms with van der Waals surface area (Å²) < 4.78 is 39.5. The van der Waals surface area contributed by atoms with E-state index in [9.17, 15) is 8.42 Å². The van der Waals surface area contributed by atoms with Crippen LogP contribution in [0.2, 0.25) is 5.02 Å². The maximum absolute atomic E-state index is 13.7. The molecular formula is C35H46ClN5O4S. The molecule has 2 aromatic carbocycles. The number of benzene rings is 2. The highest BCUT2D eigenvalue weighted by Gasteiger charge is 2.34. The summed E-state index contributed by atoms with van der Waals surface area (Å²) in [6, 6.07) is 12.1. The molecule has 0 spiro atoms. The molecule has 9 nitrogen and oxygen atoms in total. The van der Waals surface area contributed by atoms with E-state index in [1.807, 2.05) is 19.9 Å². The van der Waals surface area contributed by atoms with Crippen molar-refractivity contribution < 1.29 is 17.9 Å². The lowest BCUT2D eigenvalue weighted by Gasteiger charge is -2.45. The summed E-state index contributed by atoms with van der Waals surface area (Å²) >= 11 is 6.23. The first kappa shape index (κ1) is 34.2. The molecule has 0 unspecified atom stereocenters. The van der Waals surface area contributed by atoms with Gasteiger partial charge in [-0.1, -0.05) is 29.8 Å². The lowest BCUT2D eigenvalue weighted by atomic mass is 9.87. The van der Waals surface area contributed by atoms with Crippen LogP contribution in [0, 0.1) is 6.92 Å². The number of sulfone groups is 1. The van der Waals surface area contributed by atoms with Crippen molar-refractivity contribution >= 4 is 50.2 Å². The summed E-state index contributed by atoms with van der Waals surface area (Å²) in [5.41, 5.74) is 10.6. The molecule has 2 aliphatic heterocycles. The summed E-state index contributed by atoms with van der Waals surface area (Å²) in [6.45, 7) is 15.6. The zero-order valence-electron chi connectivity index (χ0n) is 27.8. The number of anilines is 4. The van der Waals surface area contributed by atoms with Gasteiger partial charge >= 0.3 is 0 Å². The Kier molecular flexibility index (Phi) is 10.3. The topological polar surface area (TPSA) is 111 Å². The summed E-state index contributed by atoms with van der Waals surface area (Å²) in [7, 11) is -3.70.